The lowest BCUT2D eigenvalue weighted by Crippen LogP contribution is -2.24. The van der Waals surface area contributed by atoms with Crippen LogP contribution in [0.2, 0.25) is 0 Å². The number of carbonyl (C=O) groups excluding carboxylic acids is 1. The molecule has 5 nitrogen and oxygen atoms in total. The zero-order chi connectivity index (χ0) is 15.1. The molecular weight excluding hydrogens is 276 g/mol. The highest BCUT2D eigenvalue weighted by atomic mass is 16.2. The largest absolute Gasteiger partial charge is 0.338 e. The summed E-state index contributed by atoms with van der Waals surface area (Å²) in [6.45, 7) is 0. The molecule has 0 fully saturated rings. The summed E-state index contributed by atoms with van der Waals surface area (Å²) in [7, 11) is 1.82. The molecule has 1 N–H and O–H groups in total. The Balaban J connectivity index is 1.99. The van der Waals surface area contributed by atoms with E-state index in [0.29, 0.717) is 11.4 Å². The fourth-order valence-corrected chi connectivity index (χ4v) is 2.71. The molecule has 1 aliphatic heterocycles. The molecule has 2 heterocycles. The maximum Gasteiger partial charge on any atom is 0.268 e. The van der Waals surface area contributed by atoms with E-state index in [1.165, 1.54) is 0 Å². The molecular formula is C17H14N4O. The first-order chi connectivity index (χ1) is 10.8. The predicted molar refractivity (Wildman–Crippen MR) is 85.8 cm³/mol. The van der Waals surface area contributed by atoms with E-state index in [1.54, 1.807) is 15.8 Å². The van der Waals surface area contributed by atoms with Crippen LogP contribution in [-0.2, 0) is 7.05 Å². The van der Waals surface area contributed by atoms with Gasteiger partial charge in [0.1, 0.15) is 11.4 Å². The average molecular weight is 290 g/mol. The lowest BCUT2D eigenvalue weighted by molar-refractivity contribution is 0.100. The summed E-state index contributed by atoms with van der Waals surface area (Å²) < 4.78 is 1.68. The number of benzene rings is 2. The number of amides is 1. The van der Waals surface area contributed by atoms with Gasteiger partial charge in [-0.1, -0.05) is 30.3 Å². The average Bonchev–Trinajstić information content (AvgIpc) is 2.85. The monoisotopic (exact) mass is 290 g/mol. The van der Waals surface area contributed by atoms with Crippen LogP contribution in [0.5, 0.6) is 0 Å². The molecule has 22 heavy (non-hydrogen) atoms. The van der Waals surface area contributed by atoms with Crippen molar-refractivity contribution in [2.45, 2.75) is 0 Å². The first kappa shape index (κ1) is 12.6. The van der Waals surface area contributed by atoms with Gasteiger partial charge in [0, 0.05) is 12.7 Å². The Bertz CT molecular complexity index is 854. The molecule has 0 saturated heterocycles. The van der Waals surface area contributed by atoms with Crippen molar-refractivity contribution in [3.05, 3.63) is 66.4 Å². The Labute approximate surface area is 127 Å². The highest BCUT2D eigenvalue weighted by molar-refractivity contribution is 6.16. The minimum atomic E-state index is -0.0910. The van der Waals surface area contributed by atoms with E-state index < -0.39 is 0 Å². The normalized spacial score (nSPS) is 13.1. The number of aromatic nitrogens is 2. The maximum atomic E-state index is 13.0. The van der Waals surface area contributed by atoms with Gasteiger partial charge < -0.3 is 5.32 Å². The molecule has 0 saturated carbocycles. The van der Waals surface area contributed by atoms with Crippen molar-refractivity contribution in [1.29, 1.82) is 0 Å². The van der Waals surface area contributed by atoms with Crippen LogP contribution in [0.25, 0.3) is 0 Å². The van der Waals surface area contributed by atoms with Crippen molar-refractivity contribution < 1.29 is 4.79 Å². The molecule has 0 spiro atoms. The van der Waals surface area contributed by atoms with Crippen molar-refractivity contribution >= 4 is 28.8 Å². The van der Waals surface area contributed by atoms with Gasteiger partial charge in [-0.3, -0.25) is 14.4 Å². The quantitative estimate of drug-likeness (QED) is 0.746. The third kappa shape index (κ3) is 1.79. The number of para-hydroxylation sites is 3. The number of aryl methyl sites for hydroxylation is 1. The highest BCUT2D eigenvalue weighted by Crippen LogP contribution is 2.39. The van der Waals surface area contributed by atoms with E-state index in [2.05, 4.69) is 10.4 Å². The Morgan fingerprint density at radius 3 is 2.55 bits per heavy atom. The van der Waals surface area contributed by atoms with Crippen molar-refractivity contribution in [3.63, 3.8) is 0 Å². The second kappa shape index (κ2) is 4.73. The Hall–Kier alpha value is -3.08. The van der Waals surface area contributed by atoms with Crippen LogP contribution < -0.4 is 10.2 Å². The van der Waals surface area contributed by atoms with Crippen molar-refractivity contribution in [2.24, 2.45) is 7.05 Å². The Morgan fingerprint density at radius 1 is 1.00 bits per heavy atom. The van der Waals surface area contributed by atoms with E-state index in [4.69, 9.17) is 0 Å². The second-order valence-corrected chi connectivity index (χ2v) is 5.15. The lowest BCUT2D eigenvalue weighted by atomic mass is 10.2. The van der Waals surface area contributed by atoms with Crippen LogP contribution >= 0.6 is 0 Å². The molecule has 0 aliphatic carbocycles. The number of rotatable bonds is 1. The molecule has 108 valence electrons. The van der Waals surface area contributed by atoms with E-state index in [0.717, 1.165) is 17.1 Å². The van der Waals surface area contributed by atoms with E-state index in [-0.39, 0.29) is 5.91 Å². The highest BCUT2D eigenvalue weighted by Gasteiger charge is 2.29. The van der Waals surface area contributed by atoms with Gasteiger partial charge in [-0.25, -0.2) is 0 Å². The van der Waals surface area contributed by atoms with Gasteiger partial charge in [-0.2, -0.15) is 5.10 Å². The molecule has 4 rings (SSSR count). The molecule has 5 heteroatoms. The van der Waals surface area contributed by atoms with E-state index in [1.807, 2.05) is 61.6 Å². The summed E-state index contributed by atoms with van der Waals surface area (Å²) in [5, 5.41) is 7.52. The number of fused-ring (bicyclic) bond motifs is 2. The Morgan fingerprint density at radius 2 is 1.73 bits per heavy atom. The molecule has 0 radical (unpaired) electrons. The molecule has 1 amide bonds. The second-order valence-electron chi connectivity index (χ2n) is 5.15. The standard InChI is InChI=1S/C17H14N4O/c1-20-16-13(11-18-20)17(22)21(12-7-3-2-4-8-12)15-10-6-5-9-14(15)19-16/h2-11,19H,1H3. The van der Waals surface area contributed by atoms with Gasteiger partial charge in [0.15, 0.2) is 0 Å². The van der Waals surface area contributed by atoms with Crippen molar-refractivity contribution in [3.8, 4) is 0 Å². The summed E-state index contributed by atoms with van der Waals surface area (Å²) in [5.41, 5.74) is 3.10. The minimum absolute atomic E-state index is 0.0910. The summed E-state index contributed by atoms with van der Waals surface area (Å²) in [6.07, 6.45) is 1.60. The number of anilines is 4. The third-order valence-electron chi connectivity index (χ3n) is 3.78. The number of hydrogen-bond acceptors (Lipinski definition) is 3. The number of hydrogen-bond donors (Lipinski definition) is 1. The maximum absolute atomic E-state index is 13.0. The summed E-state index contributed by atoms with van der Waals surface area (Å²) in [4.78, 5) is 14.8. The van der Waals surface area contributed by atoms with Gasteiger partial charge >= 0.3 is 0 Å². The SMILES string of the molecule is Cn1ncc2c1Nc1ccccc1N(c1ccccc1)C2=O. The van der Waals surface area contributed by atoms with Crippen LogP contribution in [0.15, 0.2) is 60.8 Å². The van der Waals surface area contributed by atoms with Crippen molar-refractivity contribution in [1.82, 2.24) is 9.78 Å². The molecule has 1 aromatic heterocycles. The zero-order valence-electron chi connectivity index (χ0n) is 12.0. The van der Waals surface area contributed by atoms with Crippen molar-refractivity contribution in [2.75, 3.05) is 10.2 Å². The fourth-order valence-electron chi connectivity index (χ4n) is 2.71. The van der Waals surface area contributed by atoms with Gasteiger partial charge in [-0.15, -0.1) is 0 Å². The van der Waals surface area contributed by atoms with Crippen LogP contribution in [-0.4, -0.2) is 15.7 Å². The molecule has 1 aliphatic rings. The topological polar surface area (TPSA) is 50.2 Å². The van der Waals surface area contributed by atoms with E-state index >= 15 is 0 Å². The van der Waals surface area contributed by atoms with Crippen LogP contribution in [0.4, 0.5) is 22.9 Å². The first-order valence-corrected chi connectivity index (χ1v) is 7.03. The van der Waals surface area contributed by atoms with E-state index in [9.17, 15) is 4.79 Å². The number of carbonyl (C=O) groups is 1. The third-order valence-corrected chi connectivity index (χ3v) is 3.78. The summed E-state index contributed by atoms with van der Waals surface area (Å²) in [5.74, 6) is 0.614. The Kier molecular flexibility index (Phi) is 2.72. The molecule has 3 aromatic rings. The van der Waals surface area contributed by atoms with Gasteiger partial charge in [0.25, 0.3) is 5.91 Å². The molecule has 2 aromatic carbocycles. The van der Waals surface area contributed by atoms with Crippen LogP contribution in [0.1, 0.15) is 10.4 Å². The van der Waals surface area contributed by atoms with Gasteiger partial charge in [0.05, 0.1) is 17.6 Å². The minimum Gasteiger partial charge on any atom is -0.338 e. The summed E-state index contributed by atoms with van der Waals surface area (Å²) >= 11 is 0. The fraction of sp³-hybridized carbons (Fsp3) is 0.0588. The van der Waals surface area contributed by atoms with Gasteiger partial charge in [0.2, 0.25) is 0 Å². The van der Waals surface area contributed by atoms with Crippen LogP contribution in [0.3, 0.4) is 0 Å². The number of nitrogens with zero attached hydrogens (tertiary/aromatic N) is 3. The molecule has 0 unspecified atom stereocenters. The molecule has 0 bridgehead atoms. The van der Waals surface area contributed by atoms with Crippen LogP contribution in [0, 0.1) is 0 Å². The smallest absolute Gasteiger partial charge is 0.268 e. The zero-order valence-corrected chi connectivity index (χ0v) is 12.0. The lowest BCUT2D eigenvalue weighted by Gasteiger charge is -2.22. The first-order valence-electron chi connectivity index (χ1n) is 7.03. The number of nitrogens with one attached hydrogen (secondary N) is 1. The predicted octanol–water partition coefficient (Wildman–Crippen LogP) is 3.46. The van der Waals surface area contributed by atoms with Gasteiger partial charge in [-0.05, 0) is 24.3 Å². The summed E-state index contributed by atoms with van der Waals surface area (Å²) in [6, 6.07) is 17.4. The molecule has 0 atom stereocenters.